The van der Waals surface area contributed by atoms with Gasteiger partial charge in [-0.25, -0.2) is 0 Å². The van der Waals surface area contributed by atoms with Crippen LogP contribution in [0.25, 0.3) is 21.8 Å². The molecule has 0 bridgehead atoms. The molecule has 34 heavy (non-hydrogen) atoms. The summed E-state index contributed by atoms with van der Waals surface area (Å²) < 4.78 is 2.53. The normalized spacial score (nSPS) is 12.2. The summed E-state index contributed by atoms with van der Waals surface area (Å²) in [4.78, 5) is 4.23. The fourth-order valence-electron chi connectivity index (χ4n) is 5.19. The van der Waals surface area contributed by atoms with Crippen molar-refractivity contribution in [3.05, 3.63) is 140 Å². The van der Waals surface area contributed by atoms with E-state index in [-0.39, 0.29) is 0 Å². The standard InChI is InChI=1S/C32H27NS/c1-4-14-26(15-5-1)34(27-16-6-2-7-17-27,28-18-8-3-9-19-28)25-24-33-31-22-12-10-20-29(31)30-21-11-13-23-32(30)33/h1-23H,24-25H2. The smallest absolute Gasteiger partial charge is 0.0491 e. The van der Waals surface area contributed by atoms with Crippen molar-refractivity contribution < 1.29 is 0 Å². The molecule has 0 spiro atoms. The lowest BCUT2D eigenvalue weighted by atomic mass is 10.2. The second kappa shape index (κ2) is 8.89. The zero-order valence-corrected chi connectivity index (χ0v) is 19.9. The third-order valence-corrected chi connectivity index (χ3v) is 10.8. The van der Waals surface area contributed by atoms with Gasteiger partial charge < -0.3 is 4.57 Å². The first-order chi connectivity index (χ1) is 16.9. The molecule has 6 aromatic rings. The van der Waals surface area contributed by atoms with E-state index in [2.05, 4.69) is 144 Å². The zero-order chi connectivity index (χ0) is 22.8. The molecule has 2 heteroatoms. The Kier molecular flexibility index (Phi) is 5.44. The lowest BCUT2D eigenvalue weighted by Crippen LogP contribution is -2.13. The van der Waals surface area contributed by atoms with Crippen molar-refractivity contribution in [1.82, 2.24) is 4.57 Å². The van der Waals surface area contributed by atoms with Gasteiger partial charge >= 0.3 is 0 Å². The molecule has 5 aromatic carbocycles. The predicted molar refractivity (Wildman–Crippen MR) is 146 cm³/mol. The highest BCUT2D eigenvalue weighted by Gasteiger charge is 2.31. The Morgan fingerprint density at radius 2 is 0.765 bits per heavy atom. The third-order valence-electron chi connectivity index (χ3n) is 6.74. The number of hydrogen-bond donors (Lipinski definition) is 0. The summed E-state index contributed by atoms with van der Waals surface area (Å²) in [7, 11) is -1.47. The van der Waals surface area contributed by atoms with Crippen LogP contribution < -0.4 is 0 Å². The van der Waals surface area contributed by atoms with E-state index in [1.165, 1.54) is 36.5 Å². The number of para-hydroxylation sites is 2. The Bertz CT molecular complexity index is 1390. The van der Waals surface area contributed by atoms with Crippen molar-refractivity contribution in [3.8, 4) is 0 Å². The first-order valence-corrected chi connectivity index (χ1v) is 13.6. The van der Waals surface area contributed by atoms with Crippen LogP contribution in [0.2, 0.25) is 0 Å². The molecule has 0 radical (unpaired) electrons. The lowest BCUT2D eigenvalue weighted by molar-refractivity contribution is 0.830. The Morgan fingerprint density at radius 3 is 1.18 bits per heavy atom. The number of aryl methyl sites for hydroxylation is 1. The topological polar surface area (TPSA) is 4.93 Å². The molecule has 1 nitrogen and oxygen atoms in total. The first kappa shape index (κ1) is 20.8. The molecule has 0 unspecified atom stereocenters. The summed E-state index contributed by atoms with van der Waals surface area (Å²) in [5.41, 5.74) is 2.62. The zero-order valence-electron chi connectivity index (χ0n) is 19.0. The van der Waals surface area contributed by atoms with Crippen molar-refractivity contribution in [2.75, 3.05) is 5.75 Å². The quantitative estimate of drug-likeness (QED) is 0.235. The molecule has 0 aliphatic carbocycles. The second-order valence-corrected chi connectivity index (χ2v) is 11.9. The van der Waals surface area contributed by atoms with Crippen LogP contribution in [0.4, 0.5) is 0 Å². The predicted octanol–water partition coefficient (Wildman–Crippen LogP) is 8.78. The van der Waals surface area contributed by atoms with Gasteiger partial charge in [-0.05, 0) is 63.2 Å². The minimum absolute atomic E-state index is 0.946. The summed E-state index contributed by atoms with van der Waals surface area (Å²) in [6.45, 7) is 0.946. The molecule has 0 amide bonds. The van der Waals surface area contributed by atoms with E-state index in [0.717, 1.165) is 12.3 Å². The van der Waals surface area contributed by atoms with E-state index in [9.17, 15) is 0 Å². The van der Waals surface area contributed by atoms with Crippen molar-refractivity contribution in [2.24, 2.45) is 0 Å². The van der Waals surface area contributed by atoms with E-state index in [1.807, 2.05) is 0 Å². The van der Waals surface area contributed by atoms with Gasteiger partial charge in [-0.2, -0.15) is 10.0 Å². The van der Waals surface area contributed by atoms with Crippen LogP contribution in [-0.2, 0) is 6.54 Å². The van der Waals surface area contributed by atoms with Crippen LogP contribution in [0.1, 0.15) is 0 Å². The van der Waals surface area contributed by atoms with E-state index in [4.69, 9.17) is 0 Å². The van der Waals surface area contributed by atoms with Crippen molar-refractivity contribution in [2.45, 2.75) is 21.2 Å². The Labute approximate surface area is 202 Å². The number of fused-ring (bicyclic) bond motifs is 3. The minimum atomic E-state index is -1.47. The van der Waals surface area contributed by atoms with Crippen LogP contribution in [0.3, 0.4) is 0 Å². The maximum atomic E-state index is 2.53. The highest BCUT2D eigenvalue weighted by molar-refractivity contribution is 8.33. The van der Waals surface area contributed by atoms with Gasteiger partial charge in [-0.15, -0.1) is 0 Å². The van der Waals surface area contributed by atoms with Crippen molar-refractivity contribution in [1.29, 1.82) is 0 Å². The van der Waals surface area contributed by atoms with E-state index in [1.54, 1.807) is 0 Å². The third kappa shape index (κ3) is 3.43. The van der Waals surface area contributed by atoms with Gasteiger partial charge in [0.05, 0.1) is 0 Å². The SMILES string of the molecule is c1ccc(S(CCn2c3ccccc3c3ccccc32)(c2ccccc2)c2ccccc2)cc1. The molecule has 0 atom stereocenters. The van der Waals surface area contributed by atoms with Gasteiger partial charge in [-0.1, -0.05) is 91.0 Å². The Hall–Kier alpha value is -3.75. The minimum Gasteiger partial charge on any atom is -0.340 e. The molecule has 0 aliphatic rings. The number of benzene rings is 5. The number of nitrogens with zero attached hydrogens (tertiary/aromatic N) is 1. The maximum absolute atomic E-state index is 2.53. The Morgan fingerprint density at radius 1 is 0.412 bits per heavy atom. The van der Waals surface area contributed by atoms with Gasteiger partial charge in [-0.3, -0.25) is 0 Å². The van der Waals surface area contributed by atoms with E-state index < -0.39 is 10.0 Å². The molecular weight excluding hydrogens is 430 g/mol. The fourth-order valence-corrected chi connectivity index (χ4v) is 9.04. The molecule has 0 aliphatic heterocycles. The van der Waals surface area contributed by atoms with Gasteiger partial charge in [0, 0.05) is 34.1 Å². The molecule has 0 saturated heterocycles. The van der Waals surface area contributed by atoms with Crippen molar-refractivity contribution >= 4 is 31.8 Å². The summed E-state index contributed by atoms with van der Waals surface area (Å²) in [6.07, 6.45) is 0. The van der Waals surface area contributed by atoms with Gasteiger partial charge in [0.25, 0.3) is 0 Å². The van der Waals surface area contributed by atoms with Crippen LogP contribution in [0.5, 0.6) is 0 Å². The average Bonchev–Trinajstić information content (AvgIpc) is 3.25. The molecule has 6 rings (SSSR count). The first-order valence-electron chi connectivity index (χ1n) is 11.8. The van der Waals surface area contributed by atoms with Gasteiger partial charge in [0.2, 0.25) is 0 Å². The monoisotopic (exact) mass is 457 g/mol. The van der Waals surface area contributed by atoms with Crippen molar-refractivity contribution in [3.63, 3.8) is 0 Å². The fraction of sp³-hybridized carbons (Fsp3) is 0.0625. The highest BCUT2D eigenvalue weighted by Crippen LogP contribution is 2.68. The van der Waals surface area contributed by atoms with Crippen LogP contribution >= 0.6 is 10.0 Å². The van der Waals surface area contributed by atoms with Crippen LogP contribution in [0, 0.1) is 0 Å². The summed E-state index contributed by atoms with van der Waals surface area (Å²) in [5.74, 6) is 1.04. The molecular formula is C32H27NS. The van der Waals surface area contributed by atoms with Gasteiger partial charge in [0.15, 0.2) is 0 Å². The van der Waals surface area contributed by atoms with E-state index >= 15 is 0 Å². The molecule has 1 aromatic heterocycles. The molecule has 0 N–H and O–H groups in total. The van der Waals surface area contributed by atoms with Crippen LogP contribution in [-0.4, -0.2) is 10.3 Å². The summed E-state index contributed by atoms with van der Waals surface area (Å²) >= 11 is 0. The van der Waals surface area contributed by atoms with Crippen LogP contribution in [0.15, 0.2) is 154 Å². The number of rotatable bonds is 6. The van der Waals surface area contributed by atoms with Gasteiger partial charge in [0.1, 0.15) is 0 Å². The number of hydrogen-bond acceptors (Lipinski definition) is 0. The second-order valence-electron chi connectivity index (χ2n) is 8.57. The number of aromatic nitrogens is 1. The molecule has 0 saturated carbocycles. The largest absolute Gasteiger partial charge is 0.340 e. The highest BCUT2D eigenvalue weighted by atomic mass is 32.3. The maximum Gasteiger partial charge on any atom is 0.0491 e. The molecule has 0 fully saturated rings. The summed E-state index contributed by atoms with van der Waals surface area (Å²) in [5, 5.41) is 2.66. The lowest BCUT2D eigenvalue weighted by Gasteiger charge is -2.42. The summed E-state index contributed by atoms with van der Waals surface area (Å²) in [6, 6.07) is 51.0. The Balaban J connectivity index is 1.57. The van der Waals surface area contributed by atoms with E-state index in [0.29, 0.717) is 0 Å². The average molecular weight is 458 g/mol. The molecule has 1 heterocycles. The molecule has 166 valence electrons.